The van der Waals surface area contributed by atoms with Crippen LogP contribution in [0.2, 0.25) is 0 Å². The number of hydrogen-bond acceptors (Lipinski definition) is 2. The maximum atomic E-state index is 12.1. The zero-order chi connectivity index (χ0) is 18.9. The fourth-order valence-electron chi connectivity index (χ4n) is 2.67. The molecule has 0 radical (unpaired) electrons. The fraction of sp³-hybridized carbons (Fsp3) is 0.333. The Morgan fingerprint density at radius 1 is 1.04 bits per heavy atom. The smallest absolute Gasteiger partial charge is 0.253 e. The van der Waals surface area contributed by atoms with E-state index in [1.807, 2.05) is 24.3 Å². The maximum absolute atomic E-state index is 12.1. The second kappa shape index (κ2) is 11.6. The van der Waals surface area contributed by atoms with Crippen LogP contribution in [0.5, 0.6) is 0 Å². The van der Waals surface area contributed by atoms with Crippen molar-refractivity contribution >= 4 is 35.8 Å². The highest BCUT2D eigenvalue weighted by Gasteiger charge is 2.08. The molecule has 0 aliphatic carbocycles. The Hall–Kier alpha value is -2.09. The third-order valence-corrected chi connectivity index (χ3v) is 4.05. The van der Waals surface area contributed by atoms with E-state index in [1.165, 1.54) is 11.1 Å². The number of nitrogens with one attached hydrogen (secondary N) is 2. The first kappa shape index (κ1) is 23.0. The van der Waals surface area contributed by atoms with Gasteiger partial charge in [-0.15, -0.1) is 24.0 Å². The molecule has 0 unspecified atom stereocenters. The van der Waals surface area contributed by atoms with Gasteiger partial charge in [0.05, 0.1) is 0 Å². The molecule has 2 N–H and O–H groups in total. The highest BCUT2D eigenvalue weighted by atomic mass is 127. The number of carbonyl (C=O) groups is 1. The molecule has 0 saturated heterocycles. The summed E-state index contributed by atoms with van der Waals surface area (Å²) >= 11 is 0. The summed E-state index contributed by atoms with van der Waals surface area (Å²) < 4.78 is 0. The van der Waals surface area contributed by atoms with Crippen molar-refractivity contribution in [3.05, 3.63) is 70.8 Å². The Morgan fingerprint density at radius 3 is 2.41 bits per heavy atom. The molecule has 2 aromatic carbocycles. The molecule has 2 rings (SSSR count). The Labute approximate surface area is 179 Å². The van der Waals surface area contributed by atoms with Crippen molar-refractivity contribution in [3.8, 4) is 0 Å². The summed E-state index contributed by atoms with van der Waals surface area (Å²) in [5, 5.41) is 6.64. The molecule has 2 aromatic rings. The number of guanidine groups is 1. The second-order valence-electron chi connectivity index (χ2n) is 6.49. The van der Waals surface area contributed by atoms with Crippen LogP contribution < -0.4 is 10.6 Å². The van der Waals surface area contributed by atoms with Gasteiger partial charge in [0.1, 0.15) is 0 Å². The van der Waals surface area contributed by atoms with Crippen molar-refractivity contribution < 1.29 is 4.79 Å². The molecule has 5 nitrogen and oxygen atoms in total. The van der Waals surface area contributed by atoms with E-state index in [0.29, 0.717) is 0 Å². The third-order valence-electron chi connectivity index (χ3n) is 4.05. The van der Waals surface area contributed by atoms with Gasteiger partial charge in [-0.2, -0.15) is 0 Å². The van der Waals surface area contributed by atoms with E-state index in [2.05, 4.69) is 46.8 Å². The molecule has 0 aromatic heterocycles. The first-order chi connectivity index (χ1) is 12.5. The Balaban J connectivity index is 0.00000364. The summed E-state index contributed by atoms with van der Waals surface area (Å²) in [5.41, 5.74) is 4.32. The number of rotatable bonds is 6. The lowest BCUT2D eigenvalue weighted by Crippen LogP contribution is -2.37. The average Bonchev–Trinajstić information content (AvgIpc) is 2.64. The number of aryl methyl sites for hydroxylation is 1. The SMILES string of the molecule is CN=C(NCCc1cccc(C(=O)N(C)C)c1)NCc1cccc(C)c1.I. The Bertz CT molecular complexity index is 774. The van der Waals surface area contributed by atoms with Crippen molar-refractivity contribution in [1.29, 1.82) is 0 Å². The lowest BCUT2D eigenvalue weighted by Gasteiger charge is -2.13. The summed E-state index contributed by atoms with van der Waals surface area (Å²) in [6, 6.07) is 16.2. The van der Waals surface area contributed by atoms with Gasteiger partial charge in [-0.25, -0.2) is 0 Å². The topological polar surface area (TPSA) is 56.7 Å². The van der Waals surface area contributed by atoms with Crippen molar-refractivity contribution in [2.24, 2.45) is 4.99 Å². The van der Waals surface area contributed by atoms with E-state index in [9.17, 15) is 4.79 Å². The predicted octanol–water partition coefficient (Wildman–Crippen LogP) is 3.22. The van der Waals surface area contributed by atoms with Gasteiger partial charge in [0.2, 0.25) is 0 Å². The van der Waals surface area contributed by atoms with E-state index >= 15 is 0 Å². The molecule has 1 amide bonds. The number of carbonyl (C=O) groups excluding carboxylic acids is 1. The van der Waals surface area contributed by atoms with Crippen LogP contribution in [0.25, 0.3) is 0 Å². The van der Waals surface area contributed by atoms with Crippen LogP contribution in [0, 0.1) is 6.92 Å². The van der Waals surface area contributed by atoms with Gasteiger partial charge >= 0.3 is 0 Å². The van der Waals surface area contributed by atoms with Gasteiger partial charge in [-0.05, 0) is 36.6 Å². The van der Waals surface area contributed by atoms with E-state index in [-0.39, 0.29) is 29.9 Å². The number of aliphatic imine (C=N–C) groups is 1. The minimum absolute atomic E-state index is 0. The first-order valence-electron chi connectivity index (χ1n) is 8.80. The van der Waals surface area contributed by atoms with Crippen LogP contribution >= 0.6 is 24.0 Å². The molecule has 0 bridgehead atoms. The van der Waals surface area contributed by atoms with Gasteiger partial charge < -0.3 is 15.5 Å². The van der Waals surface area contributed by atoms with Crippen LogP contribution in [0.4, 0.5) is 0 Å². The van der Waals surface area contributed by atoms with Gasteiger partial charge in [0.15, 0.2) is 5.96 Å². The molecule has 146 valence electrons. The van der Waals surface area contributed by atoms with Crippen molar-refractivity contribution in [1.82, 2.24) is 15.5 Å². The minimum atomic E-state index is 0. The highest BCUT2D eigenvalue weighted by molar-refractivity contribution is 14.0. The molecule has 6 heteroatoms. The van der Waals surface area contributed by atoms with Gasteiger partial charge in [0.25, 0.3) is 5.91 Å². The molecule has 0 atom stereocenters. The molecular formula is C21H29IN4O. The summed E-state index contributed by atoms with van der Waals surface area (Å²) in [4.78, 5) is 17.9. The quantitative estimate of drug-likeness (QED) is 0.379. The molecule has 27 heavy (non-hydrogen) atoms. The van der Waals surface area contributed by atoms with Crippen LogP contribution in [0.3, 0.4) is 0 Å². The van der Waals surface area contributed by atoms with Crippen molar-refractivity contribution in [2.75, 3.05) is 27.7 Å². The third kappa shape index (κ3) is 7.58. The largest absolute Gasteiger partial charge is 0.356 e. The maximum Gasteiger partial charge on any atom is 0.253 e. The number of nitrogens with zero attached hydrogens (tertiary/aromatic N) is 2. The number of halogens is 1. The van der Waals surface area contributed by atoms with Gasteiger partial charge in [-0.3, -0.25) is 9.79 Å². The predicted molar refractivity (Wildman–Crippen MR) is 123 cm³/mol. The molecular weight excluding hydrogens is 451 g/mol. The molecule has 0 aliphatic heterocycles. The summed E-state index contributed by atoms with van der Waals surface area (Å²) in [6.45, 7) is 3.56. The zero-order valence-electron chi connectivity index (χ0n) is 16.5. The molecule has 0 heterocycles. The molecule has 0 aliphatic rings. The molecule has 0 spiro atoms. The second-order valence-corrected chi connectivity index (χ2v) is 6.49. The molecule has 0 saturated carbocycles. The summed E-state index contributed by atoms with van der Waals surface area (Å²) in [7, 11) is 5.29. The van der Waals surface area contributed by atoms with Crippen LogP contribution in [0.15, 0.2) is 53.5 Å². The van der Waals surface area contributed by atoms with Crippen LogP contribution in [-0.4, -0.2) is 44.5 Å². The minimum Gasteiger partial charge on any atom is -0.356 e. The highest BCUT2D eigenvalue weighted by Crippen LogP contribution is 2.08. The van der Waals surface area contributed by atoms with Crippen molar-refractivity contribution in [3.63, 3.8) is 0 Å². The van der Waals surface area contributed by atoms with Crippen LogP contribution in [-0.2, 0) is 13.0 Å². The summed E-state index contributed by atoms with van der Waals surface area (Å²) in [6.07, 6.45) is 0.819. The van der Waals surface area contributed by atoms with Crippen molar-refractivity contribution in [2.45, 2.75) is 19.9 Å². The summed E-state index contributed by atoms with van der Waals surface area (Å²) in [5.74, 6) is 0.794. The normalized spacial score (nSPS) is 10.7. The number of benzene rings is 2. The lowest BCUT2D eigenvalue weighted by molar-refractivity contribution is 0.0827. The van der Waals surface area contributed by atoms with Crippen LogP contribution in [0.1, 0.15) is 27.0 Å². The average molecular weight is 480 g/mol. The standard InChI is InChI=1S/C21H28N4O.HI/c1-16-7-5-9-18(13-16)15-24-21(22-2)23-12-11-17-8-6-10-19(14-17)20(26)25(3)4;/h5-10,13-14H,11-12,15H2,1-4H3,(H2,22,23,24);1H. The molecule has 0 fully saturated rings. The Morgan fingerprint density at radius 2 is 1.74 bits per heavy atom. The van der Waals surface area contributed by atoms with Gasteiger partial charge in [0, 0.05) is 39.8 Å². The van der Waals surface area contributed by atoms with E-state index in [4.69, 9.17) is 0 Å². The number of hydrogen-bond donors (Lipinski definition) is 2. The fourth-order valence-corrected chi connectivity index (χ4v) is 2.67. The lowest BCUT2D eigenvalue weighted by atomic mass is 10.1. The van der Waals surface area contributed by atoms with E-state index in [1.54, 1.807) is 26.0 Å². The first-order valence-corrected chi connectivity index (χ1v) is 8.80. The van der Waals surface area contributed by atoms with E-state index < -0.39 is 0 Å². The van der Waals surface area contributed by atoms with E-state index in [0.717, 1.165) is 36.6 Å². The monoisotopic (exact) mass is 480 g/mol. The zero-order valence-corrected chi connectivity index (χ0v) is 18.8. The van der Waals surface area contributed by atoms with Gasteiger partial charge in [-0.1, -0.05) is 42.0 Å². The number of amides is 1. The Kier molecular flexibility index (Phi) is 9.85.